The van der Waals surface area contributed by atoms with E-state index >= 15 is 0 Å². The van der Waals surface area contributed by atoms with E-state index in [0.717, 1.165) is 18.5 Å². The fraction of sp³-hybridized carbons (Fsp3) is 0.250. The average molecular weight is 347 g/mol. The third kappa shape index (κ3) is 3.87. The Morgan fingerprint density at radius 3 is 2.44 bits per heavy atom. The third-order valence-electron chi connectivity index (χ3n) is 3.81. The molecular weight excluding hydrogens is 332 g/mol. The van der Waals surface area contributed by atoms with Crippen molar-refractivity contribution in [3.05, 3.63) is 47.9 Å². The maximum Gasteiger partial charge on any atom is 0.274 e. The lowest BCUT2D eigenvalue weighted by Gasteiger charge is -2.32. The van der Waals surface area contributed by atoms with E-state index in [0.29, 0.717) is 37.7 Å². The van der Waals surface area contributed by atoms with Crippen molar-refractivity contribution in [3.8, 4) is 0 Å². The quantitative estimate of drug-likeness (QED) is 0.846. The molecule has 0 radical (unpaired) electrons. The molecule has 7 nitrogen and oxygen atoms in total. The molecule has 0 atom stereocenters. The lowest BCUT2D eigenvalue weighted by molar-refractivity contribution is -0.119. The van der Waals surface area contributed by atoms with Crippen molar-refractivity contribution in [1.82, 2.24) is 19.8 Å². The molecule has 2 aromatic rings. The number of carbonyl (C=O) groups excluding carboxylic acids is 2. The molecule has 1 aromatic carbocycles. The molecule has 1 aliphatic heterocycles. The predicted octanol–water partition coefficient (Wildman–Crippen LogP) is 1.41. The van der Waals surface area contributed by atoms with Gasteiger partial charge in [-0.05, 0) is 12.1 Å². The summed E-state index contributed by atoms with van der Waals surface area (Å²) < 4.78 is 26.1. The van der Waals surface area contributed by atoms with E-state index in [-0.39, 0.29) is 11.6 Å². The van der Waals surface area contributed by atoms with Crippen LogP contribution in [0.15, 0.2) is 30.6 Å². The van der Waals surface area contributed by atoms with Gasteiger partial charge in [0, 0.05) is 37.9 Å². The van der Waals surface area contributed by atoms with Gasteiger partial charge in [-0.15, -0.1) is 0 Å². The number of piperazine rings is 1. The van der Waals surface area contributed by atoms with Crippen molar-refractivity contribution < 1.29 is 18.4 Å². The molecule has 2 heterocycles. The van der Waals surface area contributed by atoms with Crippen LogP contribution in [0.25, 0.3) is 0 Å². The molecule has 1 saturated heterocycles. The number of benzene rings is 1. The van der Waals surface area contributed by atoms with Gasteiger partial charge in [0.25, 0.3) is 5.91 Å². The molecule has 1 aromatic heterocycles. The Morgan fingerprint density at radius 2 is 1.84 bits per heavy atom. The number of rotatable bonds is 4. The maximum absolute atomic E-state index is 13.2. The highest BCUT2D eigenvalue weighted by atomic mass is 19.2. The van der Waals surface area contributed by atoms with Crippen LogP contribution in [0, 0.1) is 11.6 Å². The van der Waals surface area contributed by atoms with Gasteiger partial charge in [0.15, 0.2) is 11.6 Å². The zero-order valence-corrected chi connectivity index (χ0v) is 13.2. The van der Waals surface area contributed by atoms with Gasteiger partial charge in [-0.25, -0.2) is 18.7 Å². The van der Waals surface area contributed by atoms with Crippen LogP contribution in [0.1, 0.15) is 10.5 Å². The predicted molar refractivity (Wildman–Crippen MR) is 85.2 cm³/mol. The van der Waals surface area contributed by atoms with E-state index in [1.165, 1.54) is 18.5 Å². The lowest BCUT2D eigenvalue weighted by atomic mass is 10.3. The molecule has 0 saturated carbocycles. The van der Waals surface area contributed by atoms with Gasteiger partial charge in [-0.3, -0.25) is 9.59 Å². The summed E-state index contributed by atoms with van der Waals surface area (Å²) in [7, 11) is 0. The zero-order chi connectivity index (χ0) is 17.8. The number of halogens is 2. The molecular formula is C16H15F2N5O2. The van der Waals surface area contributed by atoms with Gasteiger partial charge in [0.05, 0.1) is 12.4 Å². The molecule has 1 aliphatic rings. The lowest BCUT2D eigenvalue weighted by Crippen LogP contribution is -2.48. The Balaban J connectivity index is 1.64. The number of aromatic nitrogens is 2. The highest BCUT2D eigenvalue weighted by molar-refractivity contribution is 5.92. The van der Waals surface area contributed by atoms with E-state index in [4.69, 9.17) is 0 Å². The molecule has 0 aliphatic carbocycles. The van der Waals surface area contributed by atoms with Crippen LogP contribution < -0.4 is 5.32 Å². The summed E-state index contributed by atoms with van der Waals surface area (Å²) in [5, 5.41) is 2.78. The number of hydrogen-bond donors (Lipinski definition) is 1. The molecule has 1 fully saturated rings. The second kappa shape index (κ2) is 7.20. The maximum atomic E-state index is 13.2. The summed E-state index contributed by atoms with van der Waals surface area (Å²) in [6, 6.07) is 3.37. The average Bonchev–Trinajstić information content (AvgIpc) is 2.65. The fourth-order valence-electron chi connectivity index (χ4n) is 2.42. The van der Waals surface area contributed by atoms with Gasteiger partial charge >= 0.3 is 0 Å². The van der Waals surface area contributed by atoms with Crippen LogP contribution in [0.4, 0.5) is 20.3 Å². The minimum absolute atomic E-state index is 0.176. The largest absolute Gasteiger partial charge is 0.342 e. The van der Waals surface area contributed by atoms with Crippen molar-refractivity contribution in [2.75, 3.05) is 31.5 Å². The second-order valence-corrected chi connectivity index (χ2v) is 5.47. The van der Waals surface area contributed by atoms with Crippen LogP contribution in [-0.2, 0) is 4.79 Å². The van der Waals surface area contributed by atoms with E-state index in [1.54, 1.807) is 9.80 Å². The normalized spacial score (nSPS) is 14.3. The molecule has 2 amide bonds. The first-order valence-electron chi connectivity index (χ1n) is 7.59. The molecule has 0 bridgehead atoms. The van der Waals surface area contributed by atoms with E-state index in [9.17, 15) is 18.4 Å². The number of nitrogens with one attached hydrogen (secondary N) is 1. The van der Waals surface area contributed by atoms with Crippen molar-refractivity contribution >= 4 is 23.8 Å². The Kier molecular flexibility index (Phi) is 4.82. The molecule has 0 unspecified atom stereocenters. The minimum Gasteiger partial charge on any atom is -0.342 e. The molecule has 0 spiro atoms. The van der Waals surface area contributed by atoms with Gasteiger partial charge in [0.1, 0.15) is 11.5 Å². The number of anilines is 2. The number of nitrogens with zero attached hydrogens (tertiary/aromatic N) is 4. The molecule has 130 valence electrons. The van der Waals surface area contributed by atoms with E-state index in [1.807, 2.05) is 0 Å². The highest BCUT2D eigenvalue weighted by Crippen LogP contribution is 2.17. The summed E-state index contributed by atoms with van der Waals surface area (Å²) in [6.07, 6.45) is 3.42. The van der Waals surface area contributed by atoms with Crippen LogP contribution in [0.5, 0.6) is 0 Å². The summed E-state index contributed by atoms with van der Waals surface area (Å²) in [6.45, 7) is 1.85. The Bertz CT molecular complexity index is 777. The molecule has 25 heavy (non-hydrogen) atoms. The number of amides is 2. The topological polar surface area (TPSA) is 78.4 Å². The SMILES string of the molecule is O=CN1CCN(C(=O)c2cnc(Nc3ccc(F)c(F)c3)cn2)CC1. The van der Waals surface area contributed by atoms with E-state index < -0.39 is 11.6 Å². The summed E-state index contributed by atoms with van der Waals surface area (Å²) in [5.41, 5.74) is 0.493. The van der Waals surface area contributed by atoms with Crippen LogP contribution >= 0.6 is 0 Å². The minimum atomic E-state index is -0.973. The Hall–Kier alpha value is -3.10. The first-order valence-corrected chi connectivity index (χ1v) is 7.59. The zero-order valence-electron chi connectivity index (χ0n) is 13.2. The third-order valence-corrected chi connectivity index (χ3v) is 3.81. The van der Waals surface area contributed by atoms with Crippen LogP contribution in [0.3, 0.4) is 0 Å². The van der Waals surface area contributed by atoms with Crippen molar-refractivity contribution in [2.24, 2.45) is 0 Å². The number of hydrogen-bond acceptors (Lipinski definition) is 5. The van der Waals surface area contributed by atoms with Gasteiger partial charge in [0.2, 0.25) is 6.41 Å². The van der Waals surface area contributed by atoms with Crippen LogP contribution in [0.2, 0.25) is 0 Å². The smallest absolute Gasteiger partial charge is 0.274 e. The highest BCUT2D eigenvalue weighted by Gasteiger charge is 2.22. The standard InChI is InChI=1S/C16H15F2N5O2/c17-12-2-1-11(7-13(12)18)21-15-9-19-14(8-20-15)16(25)23-5-3-22(10-24)4-6-23/h1-2,7-10H,3-6H2,(H,20,21). The molecule has 1 N–H and O–H groups in total. The Labute approximate surface area is 142 Å². The molecule has 9 heteroatoms. The monoisotopic (exact) mass is 347 g/mol. The van der Waals surface area contributed by atoms with Gasteiger partial charge in [-0.1, -0.05) is 0 Å². The van der Waals surface area contributed by atoms with Crippen molar-refractivity contribution in [1.29, 1.82) is 0 Å². The van der Waals surface area contributed by atoms with Crippen molar-refractivity contribution in [3.63, 3.8) is 0 Å². The molecule has 3 rings (SSSR count). The summed E-state index contributed by atoms with van der Waals surface area (Å²) >= 11 is 0. The van der Waals surface area contributed by atoms with Crippen LogP contribution in [-0.4, -0.2) is 58.3 Å². The summed E-state index contributed by atoms with van der Waals surface area (Å²) in [5.74, 6) is -1.88. The first-order chi connectivity index (χ1) is 12.1. The fourth-order valence-corrected chi connectivity index (χ4v) is 2.42. The second-order valence-electron chi connectivity index (χ2n) is 5.47. The first kappa shape index (κ1) is 16.7. The van der Waals surface area contributed by atoms with E-state index in [2.05, 4.69) is 15.3 Å². The summed E-state index contributed by atoms with van der Waals surface area (Å²) in [4.78, 5) is 34.4. The van der Waals surface area contributed by atoms with Gasteiger partial charge < -0.3 is 15.1 Å². The van der Waals surface area contributed by atoms with Gasteiger partial charge in [-0.2, -0.15) is 0 Å². The van der Waals surface area contributed by atoms with Crippen molar-refractivity contribution in [2.45, 2.75) is 0 Å². The Morgan fingerprint density at radius 1 is 1.08 bits per heavy atom. The number of carbonyl (C=O) groups is 2.